The van der Waals surface area contributed by atoms with Crippen LogP contribution in [0.1, 0.15) is 69.3 Å². The van der Waals surface area contributed by atoms with Crippen LogP contribution in [-0.4, -0.2) is 42.4 Å². The maximum Gasteiger partial charge on any atom is 0.157 e. The Morgan fingerprint density at radius 3 is 2.33 bits per heavy atom. The molecule has 2 unspecified atom stereocenters. The maximum atomic E-state index is 13.9. The Hall–Kier alpha value is -0.900. The third-order valence-electron chi connectivity index (χ3n) is 7.06. The number of hydrogen-bond donors (Lipinski definition) is 1. The number of carbonyl (C=O) groups is 1. The highest BCUT2D eigenvalue weighted by atomic mass is 35.5. The van der Waals surface area contributed by atoms with E-state index in [1.807, 2.05) is 12.1 Å². The zero-order valence-corrected chi connectivity index (χ0v) is 17.1. The van der Waals surface area contributed by atoms with Crippen LogP contribution in [0.4, 0.5) is 0 Å². The first-order valence-corrected chi connectivity index (χ1v) is 11.4. The van der Waals surface area contributed by atoms with Crippen LogP contribution in [0.2, 0.25) is 5.02 Å². The summed E-state index contributed by atoms with van der Waals surface area (Å²) in [5.41, 5.74) is 1.19. The van der Waals surface area contributed by atoms with Crippen LogP contribution in [0.3, 0.4) is 0 Å². The Morgan fingerprint density at radius 1 is 0.963 bits per heavy atom. The molecule has 2 saturated heterocycles. The van der Waals surface area contributed by atoms with E-state index in [-0.39, 0.29) is 12.0 Å². The van der Waals surface area contributed by atoms with Crippen LogP contribution in [0, 0.1) is 5.92 Å². The average Bonchev–Trinajstić information content (AvgIpc) is 3.24. The largest absolute Gasteiger partial charge is 0.317 e. The summed E-state index contributed by atoms with van der Waals surface area (Å²) < 4.78 is 0. The highest BCUT2D eigenvalue weighted by Gasteiger charge is 2.40. The van der Waals surface area contributed by atoms with Crippen molar-refractivity contribution in [1.29, 1.82) is 0 Å². The van der Waals surface area contributed by atoms with Crippen LogP contribution in [0.5, 0.6) is 0 Å². The standard InChI is InChI=1S/C23H33ClN2O/c24-19-10-8-18(9-11-19)22(17-5-1-2-6-17)23(27)21-7-3-4-16-26(21)20-12-14-25-15-13-20/h8-11,17,20-22,25H,1-7,12-16H2. The molecule has 0 amide bonds. The van der Waals surface area contributed by atoms with Crippen molar-refractivity contribution >= 4 is 17.4 Å². The second kappa shape index (κ2) is 9.07. The van der Waals surface area contributed by atoms with Gasteiger partial charge in [-0.15, -0.1) is 0 Å². The van der Waals surface area contributed by atoms with Crippen LogP contribution in [0.25, 0.3) is 0 Å². The first-order valence-electron chi connectivity index (χ1n) is 11.0. The van der Waals surface area contributed by atoms with Gasteiger partial charge in [-0.2, -0.15) is 0 Å². The average molecular weight is 389 g/mol. The Morgan fingerprint density at radius 2 is 1.63 bits per heavy atom. The molecule has 0 spiro atoms. The third kappa shape index (κ3) is 4.41. The van der Waals surface area contributed by atoms with Gasteiger partial charge in [0.05, 0.1) is 6.04 Å². The molecule has 3 nitrogen and oxygen atoms in total. The van der Waals surface area contributed by atoms with Gasteiger partial charge in [0.1, 0.15) is 0 Å². The second-order valence-corrected chi connectivity index (χ2v) is 9.14. The summed E-state index contributed by atoms with van der Waals surface area (Å²) in [5, 5.41) is 4.23. The molecule has 0 aromatic heterocycles. The number of Topliss-reactive ketones (excluding diaryl/α,β-unsaturated/α-hetero) is 1. The number of likely N-dealkylation sites (tertiary alicyclic amines) is 1. The maximum absolute atomic E-state index is 13.9. The molecule has 2 heterocycles. The number of benzene rings is 1. The van der Waals surface area contributed by atoms with Gasteiger partial charge in [0.2, 0.25) is 0 Å². The quantitative estimate of drug-likeness (QED) is 0.787. The predicted octanol–water partition coefficient (Wildman–Crippen LogP) is 4.79. The van der Waals surface area contributed by atoms with Gasteiger partial charge >= 0.3 is 0 Å². The van der Waals surface area contributed by atoms with Gasteiger partial charge in [-0.3, -0.25) is 9.69 Å². The van der Waals surface area contributed by atoms with E-state index in [2.05, 4.69) is 22.3 Å². The highest BCUT2D eigenvalue weighted by molar-refractivity contribution is 6.30. The summed E-state index contributed by atoms with van der Waals surface area (Å²) in [7, 11) is 0. The molecule has 4 rings (SSSR count). The first-order chi connectivity index (χ1) is 13.2. The summed E-state index contributed by atoms with van der Waals surface area (Å²) >= 11 is 6.13. The number of piperidine rings is 2. The van der Waals surface area contributed by atoms with Gasteiger partial charge in [0.15, 0.2) is 5.78 Å². The first kappa shape index (κ1) is 19.4. The second-order valence-electron chi connectivity index (χ2n) is 8.71. The van der Waals surface area contributed by atoms with Gasteiger partial charge < -0.3 is 5.32 Å². The van der Waals surface area contributed by atoms with Crippen molar-refractivity contribution in [2.45, 2.75) is 75.8 Å². The molecular formula is C23H33ClN2O. The number of halogens is 1. The Kier molecular flexibility index (Phi) is 6.52. The lowest BCUT2D eigenvalue weighted by Gasteiger charge is -2.43. The van der Waals surface area contributed by atoms with Crippen molar-refractivity contribution in [2.75, 3.05) is 19.6 Å². The Balaban J connectivity index is 1.59. The third-order valence-corrected chi connectivity index (χ3v) is 7.31. The molecule has 1 aromatic rings. The molecule has 1 aromatic carbocycles. The molecule has 3 aliphatic rings. The molecule has 1 N–H and O–H groups in total. The number of nitrogens with zero attached hydrogens (tertiary/aromatic N) is 1. The molecule has 4 heteroatoms. The zero-order chi connectivity index (χ0) is 18.6. The normalized spacial score (nSPS) is 26.9. The minimum atomic E-state index is 0.0529. The van der Waals surface area contributed by atoms with E-state index in [4.69, 9.17) is 11.6 Å². The lowest BCUT2D eigenvalue weighted by Crippen LogP contribution is -2.54. The molecular weight excluding hydrogens is 356 g/mol. The summed E-state index contributed by atoms with van der Waals surface area (Å²) in [6, 6.07) is 8.80. The Labute approximate surface area is 168 Å². The number of nitrogens with one attached hydrogen (secondary N) is 1. The van der Waals surface area contributed by atoms with Gasteiger partial charge in [-0.05, 0) is 81.8 Å². The number of hydrogen-bond acceptors (Lipinski definition) is 3. The van der Waals surface area contributed by atoms with Gasteiger partial charge in [0, 0.05) is 17.0 Å². The van der Waals surface area contributed by atoms with Crippen LogP contribution < -0.4 is 5.32 Å². The molecule has 2 aliphatic heterocycles. The van der Waals surface area contributed by atoms with E-state index in [0.29, 0.717) is 17.7 Å². The van der Waals surface area contributed by atoms with E-state index >= 15 is 0 Å². The fourth-order valence-corrected chi connectivity index (χ4v) is 5.80. The van der Waals surface area contributed by atoms with Crippen molar-refractivity contribution in [3.63, 3.8) is 0 Å². The highest BCUT2D eigenvalue weighted by Crippen LogP contribution is 2.40. The lowest BCUT2D eigenvalue weighted by molar-refractivity contribution is -0.129. The molecule has 1 aliphatic carbocycles. The molecule has 27 heavy (non-hydrogen) atoms. The van der Waals surface area contributed by atoms with Crippen molar-refractivity contribution < 1.29 is 4.79 Å². The van der Waals surface area contributed by atoms with Crippen molar-refractivity contribution in [3.05, 3.63) is 34.9 Å². The van der Waals surface area contributed by atoms with E-state index in [1.54, 1.807) is 0 Å². The molecule has 0 radical (unpaired) electrons. The SMILES string of the molecule is O=C(C(c1ccc(Cl)cc1)C1CCCC1)C1CCCCN1C1CCNCC1. The van der Waals surface area contributed by atoms with Crippen molar-refractivity contribution in [3.8, 4) is 0 Å². The van der Waals surface area contributed by atoms with Crippen molar-refractivity contribution in [2.24, 2.45) is 5.92 Å². The number of rotatable bonds is 5. The van der Waals surface area contributed by atoms with Crippen LogP contribution in [0.15, 0.2) is 24.3 Å². The van der Waals surface area contributed by atoms with Gasteiger partial charge in [-0.1, -0.05) is 43.0 Å². The summed E-state index contributed by atoms with van der Waals surface area (Å²) in [4.78, 5) is 16.5. The predicted molar refractivity (Wildman–Crippen MR) is 111 cm³/mol. The molecule has 1 saturated carbocycles. The number of carbonyl (C=O) groups excluding carboxylic acids is 1. The van der Waals surface area contributed by atoms with E-state index in [9.17, 15) is 4.79 Å². The van der Waals surface area contributed by atoms with E-state index < -0.39 is 0 Å². The summed E-state index contributed by atoms with van der Waals surface area (Å²) in [6.45, 7) is 3.27. The number of ketones is 1. The minimum Gasteiger partial charge on any atom is -0.317 e. The zero-order valence-electron chi connectivity index (χ0n) is 16.3. The topological polar surface area (TPSA) is 32.3 Å². The van der Waals surface area contributed by atoms with Gasteiger partial charge in [0.25, 0.3) is 0 Å². The molecule has 0 bridgehead atoms. The molecule has 2 atom stereocenters. The Bertz CT molecular complexity index is 620. The van der Waals surface area contributed by atoms with Crippen LogP contribution in [-0.2, 0) is 4.79 Å². The lowest BCUT2D eigenvalue weighted by atomic mass is 9.77. The van der Waals surface area contributed by atoms with Gasteiger partial charge in [-0.25, -0.2) is 0 Å². The van der Waals surface area contributed by atoms with E-state index in [0.717, 1.165) is 31.1 Å². The minimum absolute atomic E-state index is 0.0529. The van der Waals surface area contributed by atoms with E-state index in [1.165, 1.54) is 56.9 Å². The summed E-state index contributed by atoms with van der Waals surface area (Å²) in [5.74, 6) is 1.05. The smallest absolute Gasteiger partial charge is 0.157 e. The molecule has 148 valence electrons. The molecule has 3 fully saturated rings. The van der Waals surface area contributed by atoms with Crippen molar-refractivity contribution in [1.82, 2.24) is 10.2 Å². The fourth-order valence-electron chi connectivity index (χ4n) is 5.67. The monoisotopic (exact) mass is 388 g/mol. The fraction of sp³-hybridized carbons (Fsp3) is 0.696. The summed E-state index contributed by atoms with van der Waals surface area (Å²) in [6.07, 6.45) is 10.8. The van der Waals surface area contributed by atoms with Crippen LogP contribution >= 0.6 is 11.6 Å².